The second-order valence-electron chi connectivity index (χ2n) is 7.93. The molecule has 0 bridgehead atoms. The molecule has 0 atom stereocenters. The lowest BCUT2D eigenvalue weighted by Gasteiger charge is -2.12. The number of hydrogen-bond donors (Lipinski definition) is 1. The molecule has 0 saturated carbocycles. The number of hydrazone groups is 1. The molecule has 4 rings (SSSR count). The van der Waals surface area contributed by atoms with Gasteiger partial charge in [-0.3, -0.25) is 4.79 Å². The molecule has 194 valence electrons. The van der Waals surface area contributed by atoms with Crippen LogP contribution in [0.25, 0.3) is 10.8 Å². The number of methoxy groups -OCH3 is 4. The summed E-state index contributed by atoms with van der Waals surface area (Å²) in [5, 5.41) is 5.83. The molecule has 1 N–H and O–H groups in total. The van der Waals surface area contributed by atoms with E-state index in [1.807, 2.05) is 30.3 Å². The fourth-order valence-electron chi connectivity index (χ4n) is 3.82. The van der Waals surface area contributed by atoms with Crippen molar-refractivity contribution in [1.82, 2.24) is 5.43 Å². The molecule has 1 amide bonds. The number of ether oxygens (including phenoxy) is 5. The first kappa shape index (κ1) is 26.0. The summed E-state index contributed by atoms with van der Waals surface area (Å²) in [5.41, 5.74) is 3.63. The van der Waals surface area contributed by atoms with Crippen LogP contribution in [-0.2, 0) is 0 Å². The second kappa shape index (κ2) is 11.8. The Balaban J connectivity index is 1.61. The van der Waals surface area contributed by atoms with Gasteiger partial charge in [-0.2, -0.15) is 5.10 Å². The standard InChI is InChI=1S/C29H26N2O7/c1-34-24-13-10-19(15-26(24)36-3)28(32)31-30-17-22-21-8-6-5-7-18(21)9-12-23(22)38-29(33)20-11-14-25(35-2)27(16-20)37-4/h5-17H,1-4H3,(H,31,32). The van der Waals surface area contributed by atoms with Crippen LogP contribution in [0.5, 0.6) is 28.7 Å². The number of benzene rings is 4. The van der Waals surface area contributed by atoms with Gasteiger partial charge in [0.05, 0.1) is 40.2 Å². The number of rotatable bonds is 9. The quantitative estimate of drug-likeness (QED) is 0.147. The van der Waals surface area contributed by atoms with Gasteiger partial charge >= 0.3 is 5.97 Å². The van der Waals surface area contributed by atoms with Gasteiger partial charge in [0, 0.05) is 11.1 Å². The summed E-state index contributed by atoms with van der Waals surface area (Å²) < 4.78 is 26.7. The Hall–Kier alpha value is -5.05. The molecule has 9 heteroatoms. The van der Waals surface area contributed by atoms with Crippen molar-refractivity contribution >= 4 is 28.9 Å². The first-order valence-electron chi connectivity index (χ1n) is 11.5. The summed E-state index contributed by atoms with van der Waals surface area (Å²) in [6.07, 6.45) is 1.44. The van der Waals surface area contributed by atoms with Gasteiger partial charge < -0.3 is 23.7 Å². The maximum absolute atomic E-state index is 13.0. The van der Waals surface area contributed by atoms with E-state index in [9.17, 15) is 9.59 Å². The van der Waals surface area contributed by atoms with Crippen LogP contribution in [0, 0.1) is 0 Å². The van der Waals surface area contributed by atoms with Crippen LogP contribution in [0.1, 0.15) is 26.3 Å². The number of nitrogens with zero attached hydrogens (tertiary/aromatic N) is 1. The lowest BCUT2D eigenvalue weighted by atomic mass is 10.0. The van der Waals surface area contributed by atoms with E-state index in [0.717, 1.165) is 10.8 Å². The fraction of sp³-hybridized carbons (Fsp3) is 0.138. The lowest BCUT2D eigenvalue weighted by Crippen LogP contribution is -2.18. The molecule has 0 aliphatic rings. The second-order valence-corrected chi connectivity index (χ2v) is 7.93. The third-order valence-electron chi connectivity index (χ3n) is 5.76. The Morgan fingerprint density at radius 3 is 1.92 bits per heavy atom. The molecular formula is C29H26N2O7. The smallest absolute Gasteiger partial charge is 0.343 e. The maximum Gasteiger partial charge on any atom is 0.343 e. The van der Waals surface area contributed by atoms with Crippen LogP contribution >= 0.6 is 0 Å². The van der Waals surface area contributed by atoms with Gasteiger partial charge in [-0.15, -0.1) is 0 Å². The summed E-state index contributed by atoms with van der Waals surface area (Å²) in [7, 11) is 6.01. The SMILES string of the molecule is COc1ccc(C(=O)NN=Cc2c(OC(=O)c3ccc(OC)c(OC)c3)ccc3ccccc23)cc1OC. The number of esters is 1. The van der Waals surface area contributed by atoms with E-state index in [1.54, 1.807) is 42.5 Å². The van der Waals surface area contributed by atoms with Crippen molar-refractivity contribution in [3.63, 3.8) is 0 Å². The van der Waals surface area contributed by atoms with Crippen molar-refractivity contribution in [2.24, 2.45) is 5.10 Å². The largest absolute Gasteiger partial charge is 0.493 e. The van der Waals surface area contributed by atoms with Crippen LogP contribution in [0.15, 0.2) is 77.9 Å². The molecule has 0 radical (unpaired) electrons. The van der Waals surface area contributed by atoms with E-state index >= 15 is 0 Å². The highest BCUT2D eigenvalue weighted by Crippen LogP contribution is 2.31. The van der Waals surface area contributed by atoms with Crippen molar-refractivity contribution < 1.29 is 33.3 Å². The van der Waals surface area contributed by atoms with Gasteiger partial charge in [-0.1, -0.05) is 30.3 Å². The Kier molecular flexibility index (Phi) is 8.07. The number of nitrogens with one attached hydrogen (secondary N) is 1. The summed E-state index contributed by atoms with van der Waals surface area (Å²) >= 11 is 0. The highest BCUT2D eigenvalue weighted by Gasteiger charge is 2.16. The molecule has 0 unspecified atom stereocenters. The minimum Gasteiger partial charge on any atom is -0.493 e. The van der Waals surface area contributed by atoms with Gasteiger partial charge in [-0.05, 0) is 53.2 Å². The van der Waals surface area contributed by atoms with Crippen molar-refractivity contribution in [3.8, 4) is 28.7 Å². The predicted octanol–water partition coefficient (Wildman–Crippen LogP) is 4.86. The topological polar surface area (TPSA) is 105 Å². The molecule has 4 aromatic rings. The van der Waals surface area contributed by atoms with Gasteiger partial charge in [0.1, 0.15) is 5.75 Å². The molecule has 38 heavy (non-hydrogen) atoms. The number of carbonyl (C=O) groups excluding carboxylic acids is 2. The zero-order chi connectivity index (χ0) is 27.1. The Labute approximate surface area is 219 Å². The van der Waals surface area contributed by atoms with Gasteiger partial charge in [0.2, 0.25) is 0 Å². The van der Waals surface area contributed by atoms with Crippen LogP contribution in [0.3, 0.4) is 0 Å². The number of hydrogen-bond acceptors (Lipinski definition) is 8. The number of amides is 1. The highest BCUT2D eigenvalue weighted by atomic mass is 16.5. The van der Waals surface area contributed by atoms with Crippen molar-refractivity contribution in [3.05, 3.63) is 89.5 Å². The average Bonchev–Trinajstić information content (AvgIpc) is 2.96. The molecular weight excluding hydrogens is 488 g/mol. The van der Waals surface area contributed by atoms with Crippen LogP contribution in [0.2, 0.25) is 0 Å². The van der Waals surface area contributed by atoms with Gasteiger partial charge in [0.15, 0.2) is 23.0 Å². The minimum atomic E-state index is -0.592. The van der Waals surface area contributed by atoms with Crippen molar-refractivity contribution in [2.75, 3.05) is 28.4 Å². The third-order valence-corrected chi connectivity index (χ3v) is 5.76. The van der Waals surface area contributed by atoms with Gasteiger partial charge in [0.25, 0.3) is 5.91 Å². The van der Waals surface area contributed by atoms with E-state index < -0.39 is 11.9 Å². The maximum atomic E-state index is 13.0. The summed E-state index contributed by atoms with van der Waals surface area (Å²) in [6.45, 7) is 0. The molecule has 0 aliphatic heterocycles. The first-order valence-corrected chi connectivity index (χ1v) is 11.5. The van der Waals surface area contributed by atoms with E-state index in [1.165, 1.54) is 34.7 Å². The molecule has 9 nitrogen and oxygen atoms in total. The highest BCUT2D eigenvalue weighted by molar-refractivity contribution is 6.04. The monoisotopic (exact) mass is 514 g/mol. The number of fused-ring (bicyclic) bond motifs is 1. The number of carbonyl (C=O) groups is 2. The Morgan fingerprint density at radius 1 is 0.684 bits per heavy atom. The van der Waals surface area contributed by atoms with E-state index in [4.69, 9.17) is 23.7 Å². The minimum absolute atomic E-state index is 0.271. The molecule has 0 heterocycles. The summed E-state index contributed by atoms with van der Waals surface area (Å²) in [4.78, 5) is 25.7. The fourth-order valence-corrected chi connectivity index (χ4v) is 3.82. The molecule has 0 saturated heterocycles. The average molecular weight is 515 g/mol. The van der Waals surface area contributed by atoms with E-state index in [2.05, 4.69) is 10.5 Å². The Bertz CT molecular complexity index is 1510. The molecule has 0 fully saturated rings. The lowest BCUT2D eigenvalue weighted by molar-refractivity contribution is 0.0734. The molecule has 4 aromatic carbocycles. The third kappa shape index (κ3) is 5.52. The summed E-state index contributed by atoms with van der Waals surface area (Å²) in [6, 6.07) is 20.6. The molecule has 0 aliphatic carbocycles. The van der Waals surface area contributed by atoms with Crippen LogP contribution < -0.4 is 29.1 Å². The zero-order valence-corrected chi connectivity index (χ0v) is 21.3. The van der Waals surface area contributed by atoms with E-state index in [-0.39, 0.29) is 11.3 Å². The van der Waals surface area contributed by atoms with Crippen LogP contribution in [-0.4, -0.2) is 46.5 Å². The predicted molar refractivity (Wildman–Crippen MR) is 143 cm³/mol. The normalized spacial score (nSPS) is 10.7. The van der Waals surface area contributed by atoms with Gasteiger partial charge in [-0.25, -0.2) is 10.2 Å². The van der Waals surface area contributed by atoms with Crippen molar-refractivity contribution in [1.29, 1.82) is 0 Å². The molecule has 0 spiro atoms. The van der Waals surface area contributed by atoms with Crippen molar-refractivity contribution in [2.45, 2.75) is 0 Å². The summed E-state index contributed by atoms with van der Waals surface area (Å²) in [5.74, 6) is 1.05. The zero-order valence-electron chi connectivity index (χ0n) is 21.3. The first-order chi connectivity index (χ1) is 18.5. The van der Waals surface area contributed by atoms with Crippen LogP contribution in [0.4, 0.5) is 0 Å². The van der Waals surface area contributed by atoms with E-state index in [0.29, 0.717) is 34.1 Å². The molecule has 0 aromatic heterocycles. The Morgan fingerprint density at radius 2 is 1.26 bits per heavy atom.